The van der Waals surface area contributed by atoms with E-state index in [1.54, 1.807) is 4.90 Å². The van der Waals surface area contributed by atoms with Crippen LogP contribution in [0.5, 0.6) is 0 Å². The number of nitrogens with zero attached hydrogens (tertiary/aromatic N) is 4. The topological polar surface area (TPSA) is 49.3 Å². The van der Waals surface area contributed by atoms with Crippen LogP contribution in [0.2, 0.25) is 0 Å². The van der Waals surface area contributed by atoms with Gasteiger partial charge in [-0.3, -0.25) is 4.79 Å². The van der Waals surface area contributed by atoms with Crippen LogP contribution in [0.25, 0.3) is 11.4 Å². The molecule has 1 fully saturated rings. The number of halogens is 3. The zero-order valence-electron chi connectivity index (χ0n) is 18.8. The zero-order valence-corrected chi connectivity index (χ0v) is 18.8. The van der Waals surface area contributed by atoms with E-state index >= 15 is 0 Å². The minimum atomic E-state index is -4.42. The van der Waals surface area contributed by atoms with Gasteiger partial charge in [0.1, 0.15) is 5.82 Å². The quantitative estimate of drug-likeness (QED) is 0.556. The van der Waals surface area contributed by atoms with E-state index < -0.39 is 11.7 Å². The molecule has 0 atom stereocenters. The van der Waals surface area contributed by atoms with Gasteiger partial charge in [0.2, 0.25) is 0 Å². The Kier molecular flexibility index (Phi) is 6.10. The first kappa shape index (κ1) is 22.8. The first-order valence-corrected chi connectivity index (χ1v) is 10.8. The average Bonchev–Trinajstić information content (AvgIpc) is 2.80. The molecule has 1 aliphatic heterocycles. The van der Waals surface area contributed by atoms with Gasteiger partial charge < -0.3 is 9.80 Å². The minimum absolute atomic E-state index is 0.257. The molecule has 0 unspecified atom stereocenters. The molecule has 1 aromatic heterocycles. The van der Waals surface area contributed by atoms with Crippen molar-refractivity contribution < 1.29 is 18.0 Å². The van der Waals surface area contributed by atoms with E-state index in [1.807, 2.05) is 39.0 Å². The molecule has 0 spiro atoms. The van der Waals surface area contributed by atoms with E-state index in [-0.39, 0.29) is 11.5 Å². The van der Waals surface area contributed by atoms with Crippen molar-refractivity contribution >= 4 is 11.7 Å². The molecule has 2 aromatic carbocycles. The van der Waals surface area contributed by atoms with E-state index in [9.17, 15) is 18.0 Å². The number of alkyl halides is 3. The lowest BCUT2D eigenvalue weighted by molar-refractivity contribution is -0.137. The van der Waals surface area contributed by atoms with Gasteiger partial charge in [-0.2, -0.15) is 13.2 Å². The summed E-state index contributed by atoms with van der Waals surface area (Å²) < 4.78 is 38.4. The number of hydrogen-bond donors (Lipinski definition) is 0. The van der Waals surface area contributed by atoms with Crippen LogP contribution in [-0.4, -0.2) is 47.0 Å². The Morgan fingerprint density at radius 1 is 0.909 bits per heavy atom. The fourth-order valence-electron chi connectivity index (χ4n) is 3.94. The second-order valence-electron chi connectivity index (χ2n) is 8.31. The van der Waals surface area contributed by atoms with Gasteiger partial charge in [0.25, 0.3) is 5.91 Å². The van der Waals surface area contributed by atoms with Crippen LogP contribution >= 0.6 is 0 Å². The Morgan fingerprint density at radius 3 is 2.18 bits per heavy atom. The van der Waals surface area contributed by atoms with Crippen molar-refractivity contribution in [1.82, 2.24) is 14.9 Å². The lowest BCUT2D eigenvalue weighted by atomic mass is 10.1. The molecular formula is C25H25F3N4O. The van der Waals surface area contributed by atoms with E-state index in [2.05, 4.69) is 16.0 Å². The second-order valence-corrected chi connectivity index (χ2v) is 8.31. The Balaban J connectivity index is 1.49. The zero-order chi connectivity index (χ0) is 23.8. The standard InChI is InChI=1S/C25H25F3N4O/c1-16-5-4-6-20(15-16)22-29-18(3)17(2)23(30-22)31-11-13-32(14-12-31)24(33)19-7-9-21(10-8-19)25(26,27)28/h4-10,15H,11-14H2,1-3H3. The molecular weight excluding hydrogens is 429 g/mol. The highest BCUT2D eigenvalue weighted by Crippen LogP contribution is 2.30. The summed E-state index contributed by atoms with van der Waals surface area (Å²) in [4.78, 5) is 26.1. The summed E-state index contributed by atoms with van der Waals surface area (Å²) in [6.07, 6.45) is -4.42. The predicted octanol–water partition coefficient (Wildman–Crippen LogP) is 5.05. The van der Waals surface area contributed by atoms with Gasteiger partial charge in [-0.25, -0.2) is 9.97 Å². The number of benzene rings is 2. The predicted molar refractivity (Wildman–Crippen MR) is 121 cm³/mol. The number of aryl methyl sites for hydroxylation is 2. The van der Waals surface area contributed by atoms with Gasteiger partial charge in [0, 0.05) is 48.6 Å². The van der Waals surface area contributed by atoms with Crippen molar-refractivity contribution in [3.8, 4) is 11.4 Å². The molecule has 0 radical (unpaired) electrons. The Labute approximate surface area is 190 Å². The second kappa shape index (κ2) is 8.84. The van der Waals surface area contributed by atoms with E-state index in [4.69, 9.17) is 4.98 Å². The lowest BCUT2D eigenvalue weighted by Gasteiger charge is -2.36. The molecule has 2 heterocycles. The van der Waals surface area contributed by atoms with Crippen LogP contribution in [0.3, 0.4) is 0 Å². The van der Waals surface area contributed by atoms with Gasteiger partial charge in [0.15, 0.2) is 5.82 Å². The highest BCUT2D eigenvalue weighted by atomic mass is 19.4. The van der Waals surface area contributed by atoms with E-state index in [0.717, 1.165) is 40.3 Å². The lowest BCUT2D eigenvalue weighted by Crippen LogP contribution is -2.49. The fraction of sp³-hybridized carbons (Fsp3) is 0.320. The van der Waals surface area contributed by atoms with Crippen LogP contribution in [0.15, 0.2) is 48.5 Å². The van der Waals surface area contributed by atoms with Gasteiger partial charge >= 0.3 is 6.18 Å². The molecule has 1 saturated heterocycles. The van der Waals surface area contributed by atoms with Gasteiger partial charge in [-0.15, -0.1) is 0 Å². The molecule has 4 rings (SSSR count). The summed E-state index contributed by atoms with van der Waals surface area (Å²) in [7, 11) is 0. The number of carbonyl (C=O) groups excluding carboxylic acids is 1. The molecule has 1 aliphatic rings. The highest BCUT2D eigenvalue weighted by Gasteiger charge is 2.31. The molecule has 8 heteroatoms. The van der Waals surface area contributed by atoms with Crippen molar-refractivity contribution in [1.29, 1.82) is 0 Å². The largest absolute Gasteiger partial charge is 0.416 e. The number of piperazine rings is 1. The smallest absolute Gasteiger partial charge is 0.353 e. The summed E-state index contributed by atoms with van der Waals surface area (Å²) >= 11 is 0. The maximum atomic E-state index is 12.8. The first-order valence-electron chi connectivity index (χ1n) is 10.8. The van der Waals surface area contributed by atoms with Crippen molar-refractivity contribution in [2.45, 2.75) is 26.9 Å². The van der Waals surface area contributed by atoms with Crippen molar-refractivity contribution in [3.63, 3.8) is 0 Å². The maximum absolute atomic E-state index is 12.8. The van der Waals surface area contributed by atoms with Gasteiger partial charge in [0.05, 0.1) is 5.56 Å². The highest BCUT2D eigenvalue weighted by molar-refractivity contribution is 5.94. The number of anilines is 1. The average molecular weight is 454 g/mol. The van der Waals surface area contributed by atoms with Gasteiger partial charge in [-0.1, -0.05) is 23.8 Å². The molecule has 5 nitrogen and oxygen atoms in total. The van der Waals surface area contributed by atoms with Crippen molar-refractivity contribution in [2.24, 2.45) is 0 Å². The molecule has 3 aromatic rings. The Bertz CT molecular complexity index is 1170. The number of amides is 1. The van der Waals surface area contributed by atoms with E-state index in [0.29, 0.717) is 32.0 Å². The maximum Gasteiger partial charge on any atom is 0.416 e. The summed E-state index contributed by atoms with van der Waals surface area (Å²) in [6, 6.07) is 12.4. The van der Waals surface area contributed by atoms with Crippen LogP contribution < -0.4 is 4.90 Å². The number of carbonyl (C=O) groups is 1. The molecule has 0 saturated carbocycles. The summed E-state index contributed by atoms with van der Waals surface area (Å²) in [5.41, 5.74) is 3.48. The normalized spacial score (nSPS) is 14.5. The third-order valence-corrected chi connectivity index (χ3v) is 5.97. The van der Waals surface area contributed by atoms with Crippen LogP contribution in [0.4, 0.5) is 19.0 Å². The Morgan fingerprint density at radius 2 is 1.58 bits per heavy atom. The molecule has 0 N–H and O–H groups in total. The summed E-state index contributed by atoms with van der Waals surface area (Å²) in [6.45, 7) is 8.06. The number of rotatable bonds is 3. The van der Waals surface area contributed by atoms with Crippen molar-refractivity contribution in [3.05, 3.63) is 76.5 Å². The molecule has 1 amide bonds. The fourth-order valence-corrected chi connectivity index (χ4v) is 3.94. The number of aromatic nitrogens is 2. The van der Waals surface area contributed by atoms with Crippen molar-refractivity contribution in [2.75, 3.05) is 31.1 Å². The summed E-state index contributed by atoms with van der Waals surface area (Å²) in [5, 5.41) is 0. The van der Waals surface area contributed by atoms with Crippen LogP contribution in [-0.2, 0) is 6.18 Å². The SMILES string of the molecule is Cc1cccc(-c2nc(C)c(C)c(N3CCN(C(=O)c4ccc(C(F)(F)F)cc4)CC3)n2)c1. The third kappa shape index (κ3) is 4.84. The van der Waals surface area contributed by atoms with Gasteiger partial charge in [-0.05, 0) is 51.1 Å². The van der Waals surface area contributed by atoms with Crippen LogP contribution in [0.1, 0.15) is 32.7 Å². The summed E-state index contributed by atoms with van der Waals surface area (Å²) in [5.74, 6) is 1.25. The monoisotopic (exact) mass is 454 g/mol. The minimum Gasteiger partial charge on any atom is -0.353 e. The molecule has 0 bridgehead atoms. The third-order valence-electron chi connectivity index (χ3n) is 5.97. The first-order chi connectivity index (χ1) is 15.6. The molecule has 172 valence electrons. The Hall–Kier alpha value is -3.42. The molecule has 0 aliphatic carbocycles. The van der Waals surface area contributed by atoms with E-state index in [1.165, 1.54) is 12.1 Å². The number of hydrogen-bond acceptors (Lipinski definition) is 4. The molecule has 33 heavy (non-hydrogen) atoms. The van der Waals surface area contributed by atoms with Crippen LogP contribution in [0, 0.1) is 20.8 Å².